The highest BCUT2D eigenvalue weighted by Gasteiger charge is 2.07. The molecular weight excluding hydrogens is 296 g/mol. The Morgan fingerprint density at radius 2 is 1.86 bits per heavy atom. The summed E-state index contributed by atoms with van der Waals surface area (Å²) < 4.78 is 0. The molecule has 0 aliphatic carbocycles. The maximum atomic E-state index is 11.9. The molecule has 2 amide bonds. The Labute approximate surface area is 134 Å². The molecule has 0 radical (unpaired) electrons. The maximum absolute atomic E-state index is 11.9. The van der Waals surface area contributed by atoms with Crippen LogP contribution in [0.2, 0.25) is 0 Å². The Hall–Kier alpha value is -2.14. The summed E-state index contributed by atoms with van der Waals surface area (Å²) in [4.78, 5) is 24.8. The molecule has 0 aliphatic heterocycles. The number of hydrazine groups is 1. The summed E-state index contributed by atoms with van der Waals surface area (Å²) >= 11 is 1.69. The predicted octanol–water partition coefficient (Wildman–Crippen LogP) is 3.09. The molecule has 0 unspecified atom stereocenters. The summed E-state index contributed by atoms with van der Waals surface area (Å²) in [6.07, 6.45) is 2.99. The van der Waals surface area contributed by atoms with Gasteiger partial charge >= 0.3 is 0 Å². The first-order valence-electron chi connectivity index (χ1n) is 7.39. The predicted molar refractivity (Wildman–Crippen MR) is 88.7 cm³/mol. The van der Waals surface area contributed by atoms with E-state index < -0.39 is 0 Å². The van der Waals surface area contributed by atoms with Crippen LogP contribution in [0.4, 0.5) is 0 Å². The standard InChI is InChI=1S/C17H20N2O2S/c1-2-13-8-10-14(11-9-13)17(21)19-18-16(20)7-3-5-15-6-4-12-22-15/h4,6,8-12H,2-3,5,7H2,1H3,(H,18,20)(H,19,21). The molecule has 0 atom stereocenters. The van der Waals surface area contributed by atoms with E-state index in [-0.39, 0.29) is 11.8 Å². The average Bonchev–Trinajstić information content (AvgIpc) is 3.06. The van der Waals surface area contributed by atoms with Gasteiger partial charge in [-0.1, -0.05) is 25.1 Å². The van der Waals surface area contributed by atoms with E-state index in [1.165, 1.54) is 10.4 Å². The number of rotatable bonds is 6. The molecular formula is C17H20N2O2S. The lowest BCUT2D eigenvalue weighted by Gasteiger charge is -2.07. The zero-order chi connectivity index (χ0) is 15.8. The summed E-state index contributed by atoms with van der Waals surface area (Å²) in [7, 11) is 0. The number of hydrogen-bond acceptors (Lipinski definition) is 3. The van der Waals surface area contributed by atoms with Crippen LogP contribution in [0.3, 0.4) is 0 Å². The van der Waals surface area contributed by atoms with Crippen LogP contribution >= 0.6 is 11.3 Å². The highest BCUT2D eigenvalue weighted by molar-refractivity contribution is 7.09. The van der Waals surface area contributed by atoms with E-state index in [1.54, 1.807) is 23.5 Å². The van der Waals surface area contributed by atoms with Gasteiger partial charge in [0.1, 0.15) is 0 Å². The third-order valence-corrected chi connectivity index (χ3v) is 4.28. The minimum atomic E-state index is -0.297. The molecule has 2 rings (SSSR count). The van der Waals surface area contributed by atoms with Gasteiger partial charge in [0, 0.05) is 16.9 Å². The van der Waals surface area contributed by atoms with Crippen LogP contribution in [-0.2, 0) is 17.6 Å². The molecule has 2 N–H and O–H groups in total. The van der Waals surface area contributed by atoms with E-state index in [4.69, 9.17) is 0 Å². The summed E-state index contributed by atoms with van der Waals surface area (Å²) in [5.41, 5.74) is 6.61. The topological polar surface area (TPSA) is 58.2 Å². The molecule has 0 fully saturated rings. The van der Waals surface area contributed by atoms with Gasteiger partial charge < -0.3 is 0 Å². The Bertz CT molecular complexity index is 606. The van der Waals surface area contributed by atoms with Gasteiger partial charge in [0.15, 0.2) is 0 Å². The number of thiophene rings is 1. The number of hydrogen-bond donors (Lipinski definition) is 2. The van der Waals surface area contributed by atoms with Crippen molar-refractivity contribution in [1.29, 1.82) is 0 Å². The summed E-state index contributed by atoms with van der Waals surface area (Å²) in [6, 6.07) is 11.4. The fraction of sp³-hybridized carbons (Fsp3) is 0.294. The lowest BCUT2D eigenvalue weighted by atomic mass is 10.1. The van der Waals surface area contributed by atoms with E-state index in [9.17, 15) is 9.59 Å². The molecule has 0 aliphatic rings. The van der Waals surface area contributed by atoms with Crippen LogP contribution < -0.4 is 10.9 Å². The zero-order valence-corrected chi connectivity index (χ0v) is 13.4. The van der Waals surface area contributed by atoms with Crippen LogP contribution in [0, 0.1) is 0 Å². The highest BCUT2D eigenvalue weighted by atomic mass is 32.1. The number of benzene rings is 1. The molecule has 4 nitrogen and oxygen atoms in total. The monoisotopic (exact) mass is 316 g/mol. The van der Waals surface area contributed by atoms with Gasteiger partial charge in [0.2, 0.25) is 5.91 Å². The lowest BCUT2D eigenvalue weighted by Crippen LogP contribution is -2.41. The minimum absolute atomic E-state index is 0.171. The maximum Gasteiger partial charge on any atom is 0.269 e. The Morgan fingerprint density at radius 3 is 2.50 bits per heavy atom. The van der Waals surface area contributed by atoms with E-state index >= 15 is 0 Å². The molecule has 1 aromatic heterocycles. The number of aryl methyl sites for hydroxylation is 2. The van der Waals surface area contributed by atoms with Crippen molar-refractivity contribution in [2.24, 2.45) is 0 Å². The van der Waals surface area contributed by atoms with Gasteiger partial charge in [-0.2, -0.15) is 0 Å². The first kappa shape index (κ1) is 16.2. The average molecular weight is 316 g/mol. The molecule has 5 heteroatoms. The summed E-state index contributed by atoms with van der Waals surface area (Å²) in [6.45, 7) is 2.06. The van der Waals surface area contributed by atoms with Crippen LogP contribution in [0.25, 0.3) is 0 Å². The Balaban J connectivity index is 1.69. The van der Waals surface area contributed by atoms with Crippen LogP contribution in [0.1, 0.15) is 40.6 Å². The second-order valence-corrected chi connectivity index (χ2v) is 6.02. The third-order valence-electron chi connectivity index (χ3n) is 3.35. The van der Waals surface area contributed by atoms with Gasteiger partial charge in [-0.05, 0) is 48.4 Å². The van der Waals surface area contributed by atoms with Gasteiger partial charge in [0.05, 0.1) is 0 Å². The van der Waals surface area contributed by atoms with Crippen molar-refractivity contribution in [3.8, 4) is 0 Å². The van der Waals surface area contributed by atoms with E-state index in [1.807, 2.05) is 23.6 Å². The summed E-state index contributed by atoms with van der Waals surface area (Å²) in [5.74, 6) is -0.468. The molecule has 0 spiro atoms. The molecule has 0 saturated heterocycles. The van der Waals surface area contributed by atoms with Crippen molar-refractivity contribution in [3.63, 3.8) is 0 Å². The Kier molecular flexibility index (Phi) is 6.15. The van der Waals surface area contributed by atoms with E-state index in [0.717, 1.165) is 19.3 Å². The Morgan fingerprint density at radius 1 is 1.09 bits per heavy atom. The van der Waals surface area contributed by atoms with Gasteiger partial charge in [0.25, 0.3) is 5.91 Å². The number of amides is 2. The van der Waals surface area contributed by atoms with Crippen molar-refractivity contribution in [2.75, 3.05) is 0 Å². The van der Waals surface area contributed by atoms with Crippen LogP contribution in [-0.4, -0.2) is 11.8 Å². The molecule has 22 heavy (non-hydrogen) atoms. The largest absolute Gasteiger partial charge is 0.273 e. The van der Waals surface area contributed by atoms with E-state index in [2.05, 4.69) is 23.8 Å². The van der Waals surface area contributed by atoms with Crippen molar-refractivity contribution in [1.82, 2.24) is 10.9 Å². The molecule has 2 aromatic rings. The molecule has 1 heterocycles. The van der Waals surface area contributed by atoms with Crippen molar-refractivity contribution >= 4 is 23.2 Å². The molecule has 0 saturated carbocycles. The molecule has 1 aromatic carbocycles. The number of carbonyl (C=O) groups is 2. The summed E-state index contributed by atoms with van der Waals surface area (Å²) in [5, 5.41) is 2.03. The second-order valence-electron chi connectivity index (χ2n) is 4.99. The lowest BCUT2D eigenvalue weighted by molar-refractivity contribution is -0.121. The van der Waals surface area contributed by atoms with Crippen molar-refractivity contribution < 1.29 is 9.59 Å². The van der Waals surface area contributed by atoms with Gasteiger partial charge in [-0.3, -0.25) is 20.4 Å². The third kappa shape index (κ3) is 5.00. The molecule has 116 valence electrons. The zero-order valence-electron chi connectivity index (χ0n) is 12.6. The fourth-order valence-electron chi connectivity index (χ4n) is 2.03. The molecule has 0 bridgehead atoms. The SMILES string of the molecule is CCc1ccc(C(=O)NNC(=O)CCCc2cccs2)cc1. The number of carbonyl (C=O) groups excluding carboxylic acids is 2. The number of nitrogens with one attached hydrogen (secondary N) is 2. The normalized spacial score (nSPS) is 10.2. The van der Waals surface area contributed by atoms with Crippen molar-refractivity contribution in [2.45, 2.75) is 32.6 Å². The van der Waals surface area contributed by atoms with Crippen LogP contribution in [0.15, 0.2) is 41.8 Å². The van der Waals surface area contributed by atoms with Gasteiger partial charge in [-0.25, -0.2) is 0 Å². The highest BCUT2D eigenvalue weighted by Crippen LogP contribution is 2.11. The van der Waals surface area contributed by atoms with Crippen LogP contribution in [0.5, 0.6) is 0 Å². The van der Waals surface area contributed by atoms with Gasteiger partial charge in [-0.15, -0.1) is 11.3 Å². The first-order chi connectivity index (χ1) is 10.7. The fourth-order valence-corrected chi connectivity index (χ4v) is 2.78. The van der Waals surface area contributed by atoms with Crippen molar-refractivity contribution in [3.05, 3.63) is 57.8 Å². The van der Waals surface area contributed by atoms with E-state index in [0.29, 0.717) is 12.0 Å². The smallest absolute Gasteiger partial charge is 0.269 e. The first-order valence-corrected chi connectivity index (χ1v) is 8.27. The quantitative estimate of drug-likeness (QED) is 0.805. The minimum Gasteiger partial charge on any atom is -0.273 e. The second kappa shape index (κ2) is 8.34.